The monoisotopic (exact) mass is 372 g/mol. The second-order valence-corrected chi connectivity index (χ2v) is 7.42. The molecule has 1 unspecified atom stereocenters. The first-order valence-corrected chi connectivity index (χ1v) is 8.59. The summed E-state index contributed by atoms with van der Waals surface area (Å²) in [4.78, 5) is 14.1. The number of nitrogens with zero attached hydrogens (tertiary/aromatic N) is 1. The van der Waals surface area contributed by atoms with Crippen molar-refractivity contribution in [3.05, 3.63) is 22.6 Å². The van der Waals surface area contributed by atoms with E-state index in [-0.39, 0.29) is 12.1 Å². The number of furan rings is 1. The van der Waals surface area contributed by atoms with Crippen molar-refractivity contribution < 1.29 is 13.9 Å². The van der Waals surface area contributed by atoms with Gasteiger partial charge in [-0.15, -0.1) is 0 Å². The van der Waals surface area contributed by atoms with Crippen LogP contribution in [0, 0.1) is 0 Å². The van der Waals surface area contributed by atoms with E-state index < -0.39 is 5.60 Å². The maximum atomic E-state index is 12.2. The van der Waals surface area contributed by atoms with Gasteiger partial charge in [0.1, 0.15) is 11.4 Å². The van der Waals surface area contributed by atoms with Crippen molar-refractivity contribution in [3.63, 3.8) is 0 Å². The van der Waals surface area contributed by atoms with Gasteiger partial charge in [0.25, 0.3) is 0 Å². The number of carbonyl (C=O) groups excluding carboxylic acids is 1. The number of likely N-dealkylation sites (tertiary alicyclic amines) is 1. The van der Waals surface area contributed by atoms with Crippen molar-refractivity contribution in [1.82, 2.24) is 10.2 Å². The first-order chi connectivity index (χ1) is 10.3. The second-order valence-electron chi connectivity index (χ2n) is 6.64. The lowest BCUT2D eigenvalue weighted by atomic mass is 10.1. The Labute approximate surface area is 140 Å². The van der Waals surface area contributed by atoms with Gasteiger partial charge in [-0.05, 0) is 74.6 Å². The van der Waals surface area contributed by atoms with Gasteiger partial charge in [-0.2, -0.15) is 0 Å². The summed E-state index contributed by atoms with van der Waals surface area (Å²) in [5, 5.41) is 3.36. The molecule has 1 N–H and O–H groups in total. The molecule has 22 heavy (non-hydrogen) atoms. The minimum absolute atomic E-state index is 0.190. The highest BCUT2D eigenvalue weighted by Crippen LogP contribution is 2.22. The topological polar surface area (TPSA) is 54.7 Å². The molecule has 5 nitrogen and oxygen atoms in total. The number of ether oxygens (including phenoxy) is 1. The number of hydrogen-bond donors (Lipinski definition) is 1. The summed E-state index contributed by atoms with van der Waals surface area (Å²) in [5.74, 6) is 0.905. The van der Waals surface area contributed by atoms with Gasteiger partial charge in [-0.1, -0.05) is 0 Å². The normalized spacial score (nSPS) is 18.7. The van der Waals surface area contributed by atoms with E-state index in [4.69, 9.17) is 9.15 Å². The summed E-state index contributed by atoms with van der Waals surface area (Å²) >= 11 is 3.29. The zero-order valence-electron chi connectivity index (χ0n) is 13.5. The minimum Gasteiger partial charge on any atom is -0.453 e. The average molecular weight is 373 g/mol. The van der Waals surface area contributed by atoms with Gasteiger partial charge in [-0.25, -0.2) is 4.79 Å². The highest BCUT2D eigenvalue weighted by atomic mass is 79.9. The number of halogens is 1. The Bertz CT molecular complexity index is 496. The summed E-state index contributed by atoms with van der Waals surface area (Å²) in [5.41, 5.74) is -0.435. The Kier molecular flexibility index (Phi) is 5.92. The third kappa shape index (κ3) is 5.32. The van der Waals surface area contributed by atoms with Gasteiger partial charge in [-0.3, -0.25) is 0 Å². The summed E-state index contributed by atoms with van der Waals surface area (Å²) in [6.07, 6.45) is 2.84. The van der Waals surface area contributed by atoms with Crippen LogP contribution < -0.4 is 5.32 Å². The molecule has 1 aliphatic heterocycles. The summed E-state index contributed by atoms with van der Waals surface area (Å²) in [7, 11) is 0. The van der Waals surface area contributed by atoms with Crippen LogP contribution >= 0.6 is 15.9 Å². The van der Waals surface area contributed by atoms with E-state index in [2.05, 4.69) is 21.2 Å². The molecule has 0 bridgehead atoms. The molecule has 0 aliphatic carbocycles. The largest absolute Gasteiger partial charge is 0.453 e. The van der Waals surface area contributed by atoms with Gasteiger partial charge in [0, 0.05) is 12.6 Å². The fraction of sp³-hybridized carbons (Fsp3) is 0.688. The lowest BCUT2D eigenvalue weighted by Gasteiger charge is -2.28. The smallest absolute Gasteiger partial charge is 0.410 e. The maximum absolute atomic E-state index is 12.2. The summed E-state index contributed by atoms with van der Waals surface area (Å²) in [6, 6.07) is 4.10. The maximum Gasteiger partial charge on any atom is 0.410 e. The number of nitrogens with one attached hydrogen (secondary N) is 1. The molecule has 0 aromatic carbocycles. The van der Waals surface area contributed by atoms with E-state index in [9.17, 15) is 4.79 Å². The molecule has 2 heterocycles. The van der Waals surface area contributed by atoms with Crippen LogP contribution in [0.15, 0.2) is 21.2 Å². The zero-order valence-corrected chi connectivity index (χ0v) is 15.1. The van der Waals surface area contributed by atoms with Gasteiger partial charge >= 0.3 is 6.09 Å². The van der Waals surface area contributed by atoms with Gasteiger partial charge in [0.05, 0.1) is 6.54 Å². The standard InChI is InChI=1S/C16H25BrN2O3/c1-16(2,3)22-15(20)19-10-4-5-12(19)8-9-18-11-13-6-7-14(17)21-13/h6-7,12,18H,4-5,8-11H2,1-3H3. The first kappa shape index (κ1) is 17.3. The fourth-order valence-corrected chi connectivity index (χ4v) is 2.96. The molecular weight excluding hydrogens is 348 g/mol. The van der Waals surface area contributed by atoms with Gasteiger partial charge in [0.15, 0.2) is 4.67 Å². The van der Waals surface area contributed by atoms with E-state index in [0.717, 1.165) is 42.8 Å². The Morgan fingerprint density at radius 1 is 1.50 bits per heavy atom. The van der Waals surface area contributed by atoms with Crippen molar-refractivity contribution in [2.45, 2.75) is 58.2 Å². The number of carbonyl (C=O) groups is 1. The van der Waals surface area contributed by atoms with Crippen LogP contribution in [0.2, 0.25) is 0 Å². The molecule has 1 fully saturated rings. The van der Waals surface area contributed by atoms with Gasteiger partial charge < -0.3 is 19.4 Å². The Hall–Kier alpha value is -1.01. The molecule has 1 aromatic heterocycles. The van der Waals surface area contributed by atoms with Crippen molar-refractivity contribution in [2.75, 3.05) is 13.1 Å². The minimum atomic E-state index is -0.435. The molecule has 1 aromatic rings. The molecule has 0 spiro atoms. The molecule has 1 aliphatic rings. The number of hydrogen-bond acceptors (Lipinski definition) is 4. The van der Waals surface area contributed by atoms with Crippen LogP contribution in [0.5, 0.6) is 0 Å². The molecule has 1 amide bonds. The molecule has 6 heteroatoms. The Balaban J connectivity index is 1.73. The highest BCUT2D eigenvalue weighted by molar-refractivity contribution is 9.10. The van der Waals surface area contributed by atoms with Crippen LogP contribution in [0.4, 0.5) is 4.79 Å². The molecule has 1 saturated heterocycles. The second kappa shape index (κ2) is 7.51. The molecular formula is C16H25BrN2O3. The van der Waals surface area contributed by atoms with Crippen molar-refractivity contribution >= 4 is 22.0 Å². The van der Waals surface area contributed by atoms with Crippen molar-refractivity contribution in [2.24, 2.45) is 0 Å². The van der Waals surface area contributed by atoms with Gasteiger partial charge in [0.2, 0.25) is 0 Å². The van der Waals surface area contributed by atoms with E-state index in [1.54, 1.807) is 0 Å². The van der Waals surface area contributed by atoms with E-state index in [0.29, 0.717) is 6.54 Å². The molecule has 124 valence electrons. The zero-order chi connectivity index (χ0) is 16.2. The number of amides is 1. The Morgan fingerprint density at radius 3 is 2.91 bits per heavy atom. The summed E-state index contributed by atoms with van der Waals surface area (Å²) < 4.78 is 11.7. The fourth-order valence-electron chi connectivity index (χ4n) is 2.62. The van der Waals surface area contributed by atoms with Crippen LogP contribution in [-0.2, 0) is 11.3 Å². The van der Waals surface area contributed by atoms with Crippen LogP contribution in [0.3, 0.4) is 0 Å². The molecule has 1 atom stereocenters. The van der Waals surface area contributed by atoms with Crippen LogP contribution in [0.25, 0.3) is 0 Å². The lowest BCUT2D eigenvalue weighted by molar-refractivity contribution is 0.0220. The SMILES string of the molecule is CC(C)(C)OC(=O)N1CCCC1CCNCc1ccc(Br)o1. The first-order valence-electron chi connectivity index (χ1n) is 7.80. The molecule has 0 saturated carbocycles. The summed E-state index contributed by atoms with van der Waals surface area (Å²) in [6.45, 7) is 8.05. The Morgan fingerprint density at radius 2 is 2.27 bits per heavy atom. The van der Waals surface area contributed by atoms with E-state index in [1.807, 2.05) is 37.8 Å². The third-order valence-corrected chi connectivity index (χ3v) is 4.01. The molecule has 2 rings (SSSR count). The van der Waals surface area contributed by atoms with E-state index >= 15 is 0 Å². The van der Waals surface area contributed by atoms with Crippen molar-refractivity contribution in [1.29, 1.82) is 0 Å². The highest BCUT2D eigenvalue weighted by Gasteiger charge is 2.31. The van der Waals surface area contributed by atoms with Crippen molar-refractivity contribution in [3.8, 4) is 0 Å². The predicted octanol–water partition coefficient (Wildman–Crippen LogP) is 3.92. The number of rotatable bonds is 5. The van der Waals surface area contributed by atoms with E-state index in [1.165, 1.54) is 0 Å². The lowest BCUT2D eigenvalue weighted by Crippen LogP contribution is -2.40. The molecule has 0 radical (unpaired) electrons. The predicted molar refractivity (Wildman–Crippen MR) is 88.7 cm³/mol. The quantitative estimate of drug-likeness (QED) is 0.795. The van der Waals surface area contributed by atoms with Crippen LogP contribution in [-0.4, -0.2) is 35.7 Å². The van der Waals surface area contributed by atoms with Crippen LogP contribution in [0.1, 0.15) is 45.8 Å². The third-order valence-electron chi connectivity index (χ3n) is 3.59. The average Bonchev–Trinajstić information content (AvgIpc) is 3.01.